The van der Waals surface area contributed by atoms with Crippen LogP contribution >= 0.6 is 15.9 Å². The first-order valence-electron chi connectivity index (χ1n) is 5.26. The van der Waals surface area contributed by atoms with Gasteiger partial charge < -0.3 is 14.4 Å². The molecule has 0 aromatic carbocycles. The number of hydrogen-bond donors (Lipinski definition) is 0. The second kappa shape index (κ2) is 5.68. The molecular formula is C11H18BrNO3. The Morgan fingerprint density at radius 3 is 2.81 bits per heavy atom. The van der Waals surface area contributed by atoms with Crippen molar-refractivity contribution in [1.82, 2.24) is 4.90 Å². The maximum absolute atomic E-state index is 11.8. The maximum Gasteiger partial charge on any atom is 0.410 e. The van der Waals surface area contributed by atoms with E-state index in [9.17, 15) is 4.79 Å². The van der Waals surface area contributed by atoms with Crippen molar-refractivity contribution in [3.8, 4) is 0 Å². The Morgan fingerprint density at radius 1 is 1.56 bits per heavy atom. The van der Waals surface area contributed by atoms with Crippen molar-refractivity contribution in [3.05, 3.63) is 10.6 Å². The van der Waals surface area contributed by atoms with Gasteiger partial charge in [-0.1, -0.05) is 15.9 Å². The third kappa shape index (κ3) is 4.53. The summed E-state index contributed by atoms with van der Waals surface area (Å²) in [6, 6.07) is 0. The molecule has 0 radical (unpaired) electrons. The van der Waals surface area contributed by atoms with Gasteiger partial charge in [-0.2, -0.15) is 0 Å². The first-order valence-corrected chi connectivity index (χ1v) is 6.18. The van der Waals surface area contributed by atoms with Crippen molar-refractivity contribution in [2.45, 2.75) is 26.4 Å². The molecule has 1 rings (SSSR count). The van der Waals surface area contributed by atoms with Crippen LogP contribution in [0.5, 0.6) is 0 Å². The van der Waals surface area contributed by atoms with E-state index in [0.29, 0.717) is 26.3 Å². The van der Waals surface area contributed by atoms with Crippen LogP contribution in [0.1, 0.15) is 20.8 Å². The molecule has 0 N–H and O–H groups in total. The fourth-order valence-electron chi connectivity index (χ4n) is 1.30. The van der Waals surface area contributed by atoms with E-state index in [1.807, 2.05) is 20.8 Å². The fourth-order valence-corrected chi connectivity index (χ4v) is 1.57. The predicted octanol–water partition coefficient (Wildman–Crippen LogP) is 2.53. The number of hydrogen-bond acceptors (Lipinski definition) is 3. The molecule has 0 aromatic rings. The monoisotopic (exact) mass is 291 g/mol. The molecule has 4 nitrogen and oxygen atoms in total. The Hall–Kier alpha value is -0.550. The van der Waals surface area contributed by atoms with Crippen molar-refractivity contribution in [2.24, 2.45) is 0 Å². The standard InChI is InChI=1S/C11H18BrNO3/c1-11(2,3)16-10(14)13-4-5-15-8-9(6-12)7-13/h6H,4-5,7-8H2,1-3H3. The van der Waals surface area contributed by atoms with Gasteiger partial charge in [-0.25, -0.2) is 4.79 Å². The number of amides is 1. The zero-order valence-corrected chi connectivity index (χ0v) is 11.5. The van der Waals surface area contributed by atoms with E-state index in [0.717, 1.165) is 5.57 Å². The molecule has 5 heteroatoms. The van der Waals surface area contributed by atoms with E-state index >= 15 is 0 Å². The van der Waals surface area contributed by atoms with Gasteiger partial charge in [-0.15, -0.1) is 0 Å². The van der Waals surface area contributed by atoms with Gasteiger partial charge in [0.25, 0.3) is 0 Å². The lowest BCUT2D eigenvalue weighted by Gasteiger charge is -2.26. The van der Waals surface area contributed by atoms with Crippen LogP contribution in [-0.2, 0) is 9.47 Å². The van der Waals surface area contributed by atoms with E-state index in [1.54, 1.807) is 9.89 Å². The molecule has 1 aliphatic heterocycles. The minimum Gasteiger partial charge on any atom is -0.444 e. The third-order valence-electron chi connectivity index (χ3n) is 1.99. The average molecular weight is 292 g/mol. The summed E-state index contributed by atoms with van der Waals surface area (Å²) in [6.45, 7) is 7.81. The molecule has 0 saturated carbocycles. The summed E-state index contributed by atoms with van der Waals surface area (Å²) in [7, 11) is 0. The maximum atomic E-state index is 11.8. The number of rotatable bonds is 0. The lowest BCUT2D eigenvalue weighted by Crippen LogP contribution is -2.38. The Morgan fingerprint density at radius 2 is 2.25 bits per heavy atom. The van der Waals surface area contributed by atoms with Crippen LogP contribution in [0, 0.1) is 0 Å². The van der Waals surface area contributed by atoms with E-state index in [2.05, 4.69) is 15.9 Å². The minimum absolute atomic E-state index is 0.287. The van der Waals surface area contributed by atoms with E-state index in [4.69, 9.17) is 9.47 Å². The van der Waals surface area contributed by atoms with Crippen LogP contribution in [0.3, 0.4) is 0 Å². The van der Waals surface area contributed by atoms with E-state index < -0.39 is 5.60 Å². The number of carbonyl (C=O) groups is 1. The summed E-state index contributed by atoms with van der Waals surface area (Å²) in [5.41, 5.74) is 0.575. The number of halogens is 1. The van der Waals surface area contributed by atoms with Gasteiger partial charge in [0, 0.05) is 13.1 Å². The van der Waals surface area contributed by atoms with Gasteiger partial charge in [0.05, 0.1) is 13.2 Å². The second-order valence-electron chi connectivity index (χ2n) is 4.72. The lowest BCUT2D eigenvalue weighted by atomic mass is 10.2. The topological polar surface area (TPSA) is 38.8 Å². The molecule has 1 saturated heterocycles. The Kier molecular flexibility index (Phi) is 4.80. The van der Waals surface area contributed by atoms with Crippen LogP contribution < -0.4 is 0 Å². The Balaban J connectivity index is 2.60. The molecule has 1 aliphatic rings. The van der Waals surface area contributed by atoms with E-state index in [1.165, 1.54) is 0 Å². The molecule has 0 bridgehead atoms. The van der Waals surface area contributed by atoms with Crippen LogP contribution in [-0.4, -0.2) is 42.9 Å². The molecule has 1 heterocycles. The predicted molar refractivity (Wildman–Crippen MR) is 65.6 cm³/mol. The summed E-state index contributed by atoms with van der Waals surface area (Å²) in [5, 5.41) is 0. The molecule has 0 aromatic heterocycles. The molecule has 0 spiro atoms. The molecule has 0 aliphatic carbocycles. The summed E-state index contributed by atoms with van der Waals surface area (Å²) in [4.78, 5) is 15.3. The molecule has 0 atom stereocenters. The highest BCUT2D eigenvalue weighted by Gasteiger charge is 2.24. The van der Waals surface area contributed by atoms with Gasteiger partial charge in [0.2, 0.25) is 0 Å². The van der Waals surface area contributed by atoms with Crippen molar-refractivity contribution >= 4 is 22.0 Å². The van der Waals surface area contributed by atoms with Crippen molar-refractivity contribution in [3.63, 3.8) is 0 Å². The largest absolute Gasteiger partial charge is 0.444 e. The molecule has 92 valence electrons. The Labute approximate surface area is 105 Å². The van der Waals surface area contributed by atoms with Crippen LogP contribution in [0.2, 0.25) is 0 Å². The molecular weight excluding hydrogens is 274 g/mol. The molecule has 1 amide bonds. The van der Waals surface area contributed by atoms with E-state index in [-0.39, 0.29) is 6.09 Å². The zero-order valence-electron chi connectivity index (χ0n) is 9.96. The number of ether oxygens (including phenoxy) is 2. The highest BCUT2D eigenvalue weighted by molar-refractivity contribution is 9.11. The highest BCUT2D eigenvalue weighted by Crippen LogP contribution is 2.13. The fraction of sp³-hybridized carbons (Fsp3) is 0.727. The van der Waals surface area contributed by atoms with Gasteiger partial charge in [0.15, 0.2) is 0 Å². The summed E-state index contributed by atoms with van der Waals surface area (Å²) in [6.07, 6.45) is -0.287. The van der Waals surface area contributed by atoms with Crippen LogP contribution in [0.4, 0.5) is 4.79 Å². The first-order chi connectivity index (χ1) is 7.42. The van der Waals surface area contributed by atoms with Gasteiger partial charge >= 0.3 is 6.09 Å². The molecule has 16 heavy (non-hydrogen) atoms. The number of carbonyl (C=O) groups excluding carboxylic acids is 1. The molecule has 1 fully saturated rings. The second-order valence-corrected chi connectivity index (χ2v) is 5.18. The van der Waals surface area contributed by atoms with Gasteiger partial charge in [-0.3, -0.25) is 0 Å². The quantitative estimate of drug-likeness (QED) is 0.688. The van der Waals surface area contributed by atoms with Crippen molar-refractivity contribution in [2.75, 3.05) is 26.3 Å². The molecule has 0 unspecified atom stereocenters. The zero-order chi connectivity index (χ0) is 12.2. The van der Waals surface area contributed by atoms with Crippen LogP contribution in [0.15, 0.2) is 10.6 Å². The third-order valence-corrected chi connectivity index (χ3v) is 2.64. The normalized spacial score (nSPS) is 20.8. The Bertz CT molecular complexity index is 283. The summed E-state index contributed by atoms with van der Waals surface area (Å²) in [5.74, 6) is 0. The lowest BCUT2D eigenvalue weighted by molar-refractivity contribution is 0.0249. The average Bonchev–Trinajstić information content (AvgIpc) is 2.39. The van der Waals surface area contributed by atoms with Crippen molar-refractivity contribution in [1.29, 1.82) is 0 Å². The smallest absolute Gasteiger partial charge is 0.410 e. The highest BCUT2D eigenvalue weighted by atomic mass is 79.9. The number of nitrogens with zero attached hydrogens (tertiary/aromatic N) is 1. The van der Waals surface area contributed by atoms with Gasteiger partial charge in [0.1, 0.15) is 5.60 Å². The first kappa shape index (κ1) is 13.5. The summed E-state index contributed by atoms with van der Waals surface area (Å²) < 4.78 is 10.7. The van der Waals surface area contributed by atoms with Crippen LogP contribution in [0.25, 0.3) is 0 Å². The SMILES string of the molecule is CC(C)(C)OC(=O)N1CCOCC(=CBr)C1. The van der Waals surface area contributed by atoms with Gasteiger partial charge in [-0.05, 0) is 31.3 Å². The van der Waals surface area contributed by atoms with Crippen molar-refractivity contribution < 1.29 is 14.3 Å². The summed E-state index contributed by atoms with van der Waals surface area (Å²) >= 11 is 3.26. The minimum atomic E-state index is -0.456.